The molecule has 0 radical (unpaired) electrons. The van der Waals surface area contributed by atoms with Gasteiger partial charge >= 0.3 is 6.18 Å². The molecule has 0 aliphatic heterocycles. The summed E-state index contributed by atoms with van der Waals surface area (Å²) in [6, 6.07) is 0. The number of carbonyl (C=O) groups is 1. The fourth-order valence-corrected chi connectivity index (χ4v) is 1.35. The Morgan fingerprint density at radius 3 is 2.53 bits per heavy atom. The van der Waals surface area contributed by atoms with E-state index in [1.807, 2.05) is 0 Å². The van der Waals surface area contributed by atoms with Gasteiger partial charge in [0.15, 0.2) is 0 Å². The van der Waals surface area contributed by atoms with E-state index < -0.39 is 24.6 Å². The number of ether oxygens (including phenoxy) is 1. The summed E-state index contributed by atoms with van der Waals surface area (Å²) in [5.74, 6) is -0.983. The Balaban J connectivity index is 3.75. The summed E-state index contributed by atoms with van der Waals surface area (Å²) in [7, 11) is 0. The van der Waals surface area contributed by atoms with Gasteiger partial charge in [-0.05, 0) is 6.42 Å². The largest absolute Gasteiger partial charge is 0.411 e. The highest BCUT2D eigenvalue weighted by molar-refractivity contribution is 7.80. The number of halogens is 3. The van der Waals surface area contributed by atoms with Crippen LogP contribution in [0.25, 0.3) is 0 Å². The van der Waals surface area contributed by atoms with E-state index in [2.05, 4.69) is 22.3 Å². The summed E-state index contributed by atoms with van der Waals surface area (Å²) in [6.07, 6.45) is -3.90. The molecule has 0 bridgehead atoms. The average molecular weight is 272 g/mol. The molecule has 0 aliphatic rings. The molecule has 3 N–H and O–H groups in total. The van der Waals surface area contributed by atoms with Crippen LogP contribution in [0, 0.1) is 5.92 Å². The third-order valence-electron chi connectivity index (χ3n) is 1.88. The second-order valence-electron chi connectivity index (χ2n) is 3.32. The van der Waals surface area contributed by atoms with E-state index in [9.17, 15) is 18.0 Å². The number of thiocarbonyl (C=S) groups is 1. The SMILES string of the molecule is CCC(C(=O)NCCOCC(F)(F)F)C(N)=S. The van der Waals surface area contributed by atoms with Gasteiger partial charge in [-0.3, -0.25) is 4.79 Å². The zero-order chi connectivity index (χ0) is 13.5. The van der Waals surface area contributed by atoms with E-state index in [1.54, 1.807) is 6.92 Å². The molecule has 0 aromatic rings. The van der Waals surface area contributed by atoms with Crippen LogP contribution in [0.1, 0.15) is 13.3 Å². The number of carbonyl (C=O) groups excluding carboxylic acids is 1. The van der Waals surface area contributed by atoms with Crippen molar-refractivity contribution in [3.05, 3.63) is 0 Å². The number of alkyl halides is 3. The van der Waals surface area contributed by atoms with Crippen molar-refractivity contribution in [2.45, 2.75) is 19.5 Å². The summed E-state index contributed by atoms with van der Waals surface area (Å²) in [4.78, 5) is 11.5. The number of hydrogen-bond donors (Lipinski definition) is 2. The van der Waals surface area contributed by atoms with Crippen LogP contribution in [0.5, 0.6) is 0 Å². The van der Waals surface area contributed by atoms with Crippen molar-refractivity contribution in [3.8, 4) is 0 Å². The van der Waals surface area contributed by atoms with Gasteiger partial charge in [0.25, 0.3) is 0 Å². The number of rotatable bonds is 7. The Labute approximate surface area is 103 Å². The minimum Gasteiger partial charge on any atom is -0.393 e. The van der Waals surface area contributed by atoms with Gasteiger partial charge < -0.3 is 15.8 Å². The standard InChI is InChI=1S/C9H15F3N2O2S/c1-2-6(7(13)17)8(15)14-3-4-16-5-9(10,11)12/h6H,2-5H2,1H3,(H2,13,17)(H,14,15). The maximum Gasteiger partial charge on any atom is 0.411 e. The maximum absolute atomic E-state index is 11.7. The number of amides is 1. The fourth-order valence-electron chi connectivity index (χ4n) is 1.07. The van der Waals surface area contributed by atoms with Gasteiger partial charge in [0, 0.05) is 6.54 Å². The first-order valence-electron chi connectivity index (χ1n) is 4.99. The monoisotopic (exact) mass is 272 g/mol. The summed E-state index contributed by atoms with van der Waals surface area (Å²) in [6.45, 7) is 0.200. The first-order chi connectivity index (χ1) is 7.78. The summed E-state index contributed by atoms with van der Waals surface area (Å²) in [5, 5.41) is 2.40. The minimum atomic E-state index is -4.35. The summed E-state index contributed by atoms with van der Waals surface area (Å²) < 4.78 is 39.4. The molecule has 0 aliphatic carbocycles. The Morgan fingerprint density at radius 2 is 2.12 bits per heavy atom. The minimum absolute atomic E-state index is 0.00593. The predicted octanol–water partition coefficient (Wildman–Crippen LogP) is 0.994. The molecule has 0 aromatic heterocycles. The second-order valence-corrected chi connectivity index (χ2v) is 3.79. The molecule has 4 nitrogen and oxygen atoms in total. The van der Waals surface area contributed by atoms with Gasteiger partial charge in [-0.15, -0.1) is 0 Å². The lowest BCUT2D eigenvalue weighted by Crippen LogP contribution is -2.39. The molecule has 100 valence electrons. The second kappa shape index (κ2) is 7.44. The van der Waals surface area contributed by atoms with Crippen molar-refractivity contribution < 1.29 is 22.7 Å². The molecule has 0 saturated carbocycles. The van der Waals surface area contributed by atoms with Gasteiger partial charge in [-0.1, -0.05) is 19.1 Å². The van der Waals surface area contributed by atoms with Gasteiger partial charge in [0.2, 0.25) is 5.91 Å². The topological polar surface area (TPSA) is 64.3 Å². The first kappa shape index (κ1) is 16.1. The van der Waals surface area contributed by atoms with Crippen LogP contribution in [0.15, 0.2) is 0 Å². The normalized spacial score (nSPS) is 13.2. The summed E-state index contributed by atoms with van der Waals surface area (Å²) >= 11 is 4.68. The quantitative estimate of drug-likeness (QED) is 0.536. The van der Waals surface area contributed by atoms with Crippen molar-refractivity contribution in [2.75, 3.05) is 19.8 Å². The van der Waals surface area contributed by atoms with Crippen molar-refractivity contribution in [2.24, 2.45) is 11.7 Å². The lowest BCUT2D eigenvalue weighted by Gasteiger charge is -2.13. The lowest BCUT2D eigenvalue weighted by molar-refractivity contribution is -0.173. The molecule has 17 heavy (non-hydrogen) atoms. The predicted molar refractivity (Wildman–Crippen MR) is 60.5 cm³/mol. The molecule has 0 aromatic carbocycles. The van der Waals surface area contributed by atoms with Crippen LogP contribution in [0.2, 0.25) is 0 Å². The molecule has 8 heteroatoms. The molecule has 0 fully saturated rings. The van der Waals surface area contributed by atoms with Crippen LogP contribution in [-0.4, -0.2) is 36.8 Å². The van der Waals surface area contributed by atoms with Crippen molar-refractivity contribution in [1.82, 2.24) is 5.32 Å². The van der Waals surface area contributed by atoms with Crippen LogP contribution >= 0.6 is 12.2 Å². The van der Waals surface area contributed by atoms with E-state index in [-0.39, 0.29) is 18.1 Å². The van der Waals surface area contributed by atoms with E-state index in [0.29, 0.717) is 6.42 Å². The summed E-state index contributed by atoms with van der Waals surface area (Å²) in [5.41, 5.74) is 5.33. The highest BCUT2D eigenvalue weighted by Gasteiger charge is 2.27. The molecular formula is C9H15F3N2O2S. The Bertz CT molecular complexity index is 271. The zero-order valence-electron chi connectivity index (χ0n) is 9.34. The lowest BCUT2D eigenvalue weighted by atomic mass is 10.1. The molecular weight excluding hydrogens is 257 g/mol. The molecule has 0 rings (SSSR count). The highest BCUT2D eigenvalue weighted by atomic mass is 32.1. The molecule has 1 amide bonds. The van der Waals surface area contributed by atoms with Gasteiger partial charge in [0.1, 0.15) is 6.61 Å². The fraction of sp³-hybridized carbons (Fsp3) is 0.778. The van der Waals surface area contributed by atoms with Gasteiger partial charge in [0.05, 0.1) is 17.5 Å². The van der Waals surface area contributed by atoms with Gasteiger partial charge in [-0.25, -0.2) is 0 Å². The van der Waals surface area contributed by atoms with Crippen molar-refractivity contribution in [3.63, 3.8) is 0 Å². The first-order valence-corrected chi connectivity index (χ1v) is 5.40. The molecule has 1 unspecified atom stereocenters. The van der Waals surface area contributed by atoms with Crippen LogP contribution in [0.4, 0.5) is 13.2 Å². The number of nitrogens with two attached hydrogens (primary N) is 1. The van der Waals surface area contributed by atoms with E-state index >= 15 is 0 Å². The molecule has 0 saturated heterocycles. The van der Waals surface area contributed by atoms with Crippen molar-refractivity contribution >= 4 is 23.1 Å². The zero-order valence-corrected chi connectivity index (χ0v) is 10.2. The molecule has 0 spiro atoms. The van der Waals surface area contributed by atoms with Crippen LogP contribution in [0.3, 0.4) is 0 Å². The Kier molecular flexibility index (Phi) is 7.05. The highest BCUT2D eigenvalue weighted by Crippen LogP contribution is 2.13. The van der Waals surface area contributed by atoms with Gasteiger partial charge in [-0.2, -0.15) is 13.2 Å². The van der Waals surface area contributed by atoms with Crippen LogP contribution in [-0.2, 0) is 9.53 Å². The van der Waals surface area contributed by atoms with E-state index in [1.165, 1.54) is 0 Å². The number of hydrogen-bond acceptors (Lipinski definition) is 3. The molecule has 0 heterocycles. The third kappa shape index (κ3) is 7.92. The number of nitrogens with one attached hydrogen (secondary N) is 1. The van der Waals surface area contributed by atoms with Crippen LogP contribution < -0.4 is 11.1 Å². The smallest absolute Gasteiger partial charge is 0.393 e. The van der Waals surface area contributed by atoms with E-state index in [4.69, 9.17) is 5.73 Å². The maximum atomic E-state index is 11.7. The Morgan fingerprint density at radius 1 is 1.53 bits per heavy atom. The average Bonchev–Trinajstić information content (AvgIpc) is 2.15. The van der Waals surface area contributed by atoms with E-state index in [0.717, 1.165) is 0 Å². The molecule has 1 atom stereocenters. The third-order valence-corrected chi connectivity index (χ3v) is 2.16. The Hall–Kier alpha value is -0.890. The van der Waals surface area contributed by atoms with Crippen molar-refractivity contribution in [1.29, 1.82) is 0 Å².